The molecule has 1 aliphatic heterocycles. The smallest absolute Gasteiger partial charge is 0.253 e. The third-order valence-electron chi connectivity index (χ3n) is 5.00. The average Bonchev–Trinajstić information content (AvgIpc) is 3.13. The van der Waals surface area contributed by atoms with E-state index in [9.17, 15) is 4.79 Å². The number of hydrogen-bond acceptors (Lipinski definition) is 5. The molecule has 0 aliphatic carbocycles. The molecule has 144 valence electrons. The van der Waals surface area contributed by atoms with Crippen LogP contribution in [-0.2, 0) is 0 Å². The van der Waals surface area contributed by atoms with Crippen LogP contribution in [0.2, 0.25) is 5.02 Å². The van der Waals surface area contributed by atoms with Gasteiger partial charge >= 0.3 is 0 Å². The van der Waals surface area contributed by atoms with E-state index in [1.807, 2.05) is 24.8 Å². The number of hydrogen-bond donors (Lipinski definition) is 0. The van der Waals surface area contributed by atoms with E-state index in [1.165, 1.54) is 0 Å². The number of carbonyl (C=O) groups is 1. The van der Waals surface area contributed by atoms with E-state index in [-0.39, 0.29) is 11.8 Å². The monoisotopic (exact) mass is 396 g/mol. The first kappa shape index (κ1) is 18.6. The van der Waals surface area contributed by atoms with Gasteiger partial charge in [0.15, 0.2) is 5.76 Å². The quantitative estimate of drug-likeness (QED) is 0.655. The molecule has 0 bridgehead atoms. The Labute approximate surface area is 168 Å². The van der Waals surface area contributed by atoms with E-state index in [0.29, 0.717) is 28.7 Å². The molecule has 1 aromatic carbocycles. The Morgan fingerprint density at radius 2 is 2.14 bits per heavy atom. The highest BCUT2D eigenvalue weighted by Crippen LogP contribution is 2.33. The second kappa shape index (κ2) is 7.72. The minimum atomic E-state index is -0.00459. The largest absolute Gasteiger partial charge is 0.356 e. The summed E-state index contributed by atoms with van der Waals surface area (Å²) in [4.78, 5) is 23.9. The summed E-state index contributed by atoms with van der Waals surface area (Å²) < 4.78 is 5.45. The molecule has 0 saturated carbocycles. The van der Waals surface area contributed by atoms with Gasteiger partial charge in [-0.2, -0.15) is 0 Å². The number of carbonyl (C=O) groups excluding carboxylic acids is 1. The van der Waals surface area contributed by atoms with E-state index in [2.05, 4.69) is 10.1 Å². The average molecular weight is 397 g/mol. The predicted molar refractivity (Wildman–Crippen MR) is 106 cm³/mol. The second-order valence-corrected chi connectivity index (χ2v) is 7.59. The molecule has 7 heteroatoms. The Hall–Kier alpha value is -2.73. The fraction of sp³-hybridized carbons (Fsp3) is 0.333. The maximum absolute atomic E-state index is 13.0. The highest BCUT2D eigenvalue weighted by Gasteiger charge is 2.29. The van der Waals surface area contributed by atoms with Gasteiger partial charge in [0.05, 0.1) is 17.0 Å². The van der Waals surface area contributed by atoms with Gasteiger partial charge in [0, 0.05) is 41.9 Å². The van der Waals surface area contributed by atoms with Gasteiger partial charge in [-0.15, -0.1) is 0 Å². The van der Waals surface area contributed by atoms with E-state index >= 15 is 0 Å². The zero-order valence-electron chi connectivity index (χ0n) is 15.9. The van der Waals surface area contributed by atoms with Gasteiger partial charge in [-0.25, -0.2) is 9.97 Å². The zero-order chi connectivity index (χ0) is 19.7. The number of halogens is 1. The van der Waals surface area contributed by atoms with Crippen molar-refractivity contribution in [3.05, 3.63) is 64.3 Å². The molecule has 0 N–H and O–H groups in total. The minimum Gasteiger partial charge on any atom is -0.356 e. The second-order valence-electron chi connectivity index (χ2n) is 7.15. The minimum absolute atomic E-state index is 0.00459. The molecule has 1 aliphatic rings. The van der Waals surface area contributed by atoms with Gasteiger partial charge in [0.25, 0.3) is 5.91 Å². The van der Waals surface area contributed by atoms with E-state index in [4.69, 9.17) is 21.1 Å². The van der Waals surface area contributed by atoms with Gasteiger partial charge < -0.3 is 9.42 Å². The topological polar surface area (TPSA) is 72.1 Å². The number of nitrogens with zero attached hydrogens (tertiary/aromatic N) is 4. The molecule has 1 unspecified atom stereocenters. The normalized spacial score (nSPS) is 17.0. The summed E-state index contributed by atoms with van der Waals surface area (Å²) in [6.07, 6.45) is 3.65. The number of piperidine rings is 1. The first-order chi connectivity index (χ1) is 13.5. The number of aryl methyl sites for hydroxylation is 2. The summed E-state index contributed by atoms with van der Waals surface area (Å²) in [6.45, 7) is 5.08. The molecule has 28 heavy (non-hydrogen) atoms. The SMILES string of the molecule is Cc1cc(-c2cnc(C)nc2C2CCCN(C(=O)c3cccc(Cl)c3)C2)on1. The summed E-state index contributed by atoms with van der Waals surface area (Å²) in [6, 6.07) is 8.97. The summed E-state index contributed by atoms with van der Waals surface area (Å²) in [7, 11) is 0. The molecule has 1 saturated heterocycles. The number of aromatic nitrogens is 3. The van der Waals surface area contributed by atoms with Crippen molar-refractivity contribution >= 4 is 17.5 Å². The maximum atomic E-state index is 13.0. The van der Waals surface area contributed by atoms with Crippen molar-refractivity contribution in [3.63, 3.8) is 0 Å². The molecule has 3 heterocycles. The molecule has 6 nitrogen and oxygen atoms in total. The Bertz CT molecular complexity index is 1020. The highest BCUT2D eigenvalue weighted by atomic mass is 35.5. The van der Waals surface area contributed by atoms with Crippen molar-refractivity contribution in [1.82, 2.24) is 20.0 Å². The van der Waals surface area contributed by atoms with Crippen molar-refractivity contribution in [1.29, 1.82) is 0 Å². The fourth-order valence-electron chi connectivity index (χ4n) is 3.67. The molecule has 1 atom stereocenters. The van der Waals surface area contributed by atoms with Crippen molar-refractivity contribution in [2.24, 2.45) is 0 Å². The lowest BCUT2D eigenvalue weighted by atomic mass is 9.91. The Kier molecular flexibility index (Phi) is 5.13. The first-order valence-corrected chi connectivity index (χ1v) is 9.71. The number of benzene rings is 1. The van der Waals surface area contributed by atoms with Crippen LogP contribution in [0, 0.1) is 13.8 Å². The lowest BCUT2D eigenvalue weighted by Crippen LogP contribution is -2.39. The van der Waals surface area contributed by atoms with Crippen molar-refractivity contribution in [2.75, 3.05) is 13.1 Å². The predicted octanol–water partition coefficient (Wildman–Crippen LogP) is 4.42. The molecule has 3 aromatic rings. The van der Waals surface area contributed by atoms with Crippen LogP contribution in [0.15, 0.2) is 41.1 Å². The van der Waals surface area contributed by atoms with Gasteiger partial charge in [-0.3, -0.25) is 4.79 Å². The molecule has 1 fully saturated rings. The summed E-state index contributed by atoms with van der Waals surface area (Å²) >= 11 is 6.06. The lowest BCUT2D eigenvalue weighted by molar-refractivity contribution is 0.0706. The van der Waals surface area contributed by atoms with Gasteiger partial charge in [0.2, 0.25) is 0 Å². The van der Waals surface area contributed by atoms with Gasteiger partial charge in [-0.1, -0.05) is 22.8 Å². The maximum Gasteiger partial charge on any atom is 0.253 e. The third kappa shape index (κ3) is 3.78. The summed E-state index contributed by atoms with van der Waals surface area (Å²) in [5.41, 5.74) is 3.17. The zero-order valence-corrected chi connectivity index (χ0v) is 16.6. The Morgan fingerprint density at radius 1 is 1.29 bits per heavy atom. The standard InChI is InChI=1S/C21H21ClN4O2/c1-13-9-19(28-25-13)18-11-23-14(2)24-20(18)16-6-4-8-26(12-16)21(27)15-5-3-7-17(22)10-15/h3,5,7,9-11,16H,4,6,8,12H2,1-2H3. The van der Waals surface area contributed by atoms with Crippen LogP contribution < -0.4 is 0 Å². The van der Waals surface area contributed by atoms with Crippen LogP contribution in [0.5, 0.6) is 0 Å². The van der Waals surface area contributed by atoms with Crippen molar-refractivity contribution in [2.45, 2.75) is 32.6 Å². The molecular formula is C21H21ClN4O2. The van der Waals surface area contributed by atoms with E-state index < -0.39 is 0 Å². The summed E-state index contributed by atoms with van der Waals surface area (Å²) in [5.74, 6) is 1.47. The Balaban J connectivity index is 1.63. The van der Waals surface area contributed by atoms with Crippen LogP contribution >= 0.6 is 11.6 Å². The van der Waals surface area contributed by atoms with E-state index in [0.717, 1.165) is 36.3 Å². The van der Waals surface area contributed by atoms with Crippen LogP contribution in [0.25, 0.3) is 11.3 Å². The lowest BCUT2D eigenvalue weighted by Gasteiger charge is -2.33. The fourth-order valence-corrected chi connectivity index (χ4v) is 3.86. The van der Waals surface area contributed by atoms with Crippen LogP contribution in [-0.4, -0.2) is 39.0 Å². The van der Waals surface area contributed by atoms with E-state index in [1.54, 1.807) is 30.5 Å². The molecule has 1 amide bonds. The van der Waals surface area contributed by atoms with Crippen LogP contribution in [0.3, 0.4) is 0 Å². The van der Waals surface area contributed by atoms with Gasteiger partial charge in [0.1, 0.15) is 5.82 Å². The number of rotatable bonds is 3. The molecular weight excluding hydrogens is 376 g/mol. The van der Waals surface area contributed by atoms with Crippen LogP contribution in [0.4, 0.5) is 0 Å². The number of amides is 1. The Morgan fingerprint density at radius 3 is 2.89 bits per heavy atom. The van der Waals surface area contributed by atoms with Gasteiger partial charge in [-0.05, 0) is 44.9 Å². The molecule has 2 aromatic heterocycles. The highest BCUT2D eigenvalue weighted by molar-refractivity contribution is 6.30. The van der Waals surface area contributed by atoms with Crippen molar-refractivity contribution in [3.8, 4) is 11.3 Å². The number of likely N-dealkylation sites (tertiary alicyclic amines) is 1. The third-order valence-corrected chi connectivity index (χ3v) is 5.23. The summed E-state index contributed by atoms with van der Waals surface area (Å²) in [5, 5.41) is 4.55. The first-order valence-electron chi connectivity index (χ1n) is 9.33. The van der Waals surface area contributed by atoms with Crippen molar-refractivity contribution < 1.29 is 9.32 Å². The van der Waals surface area contributed by atoms with Crippen LogP contribution in [0.1, 0.15) is 46.3 Å². The molecule has 0 radical (unpaired) electrons. The molecule has 4 rings (SSSR count). The molecule has 0 spiro atoms.